The highest BCUT2D eigenvalue weighted by atomic mass is 32.1. The number of nitrogens with one attached hydrogen (secondary N) is 3. The topological polar surface area (TPSA) is 94.8 Å². The Morgan fingerprint density at radius 2 is 1.73 bits per heavy atom. The molecule has 1 atom stereocenters. The lowest BCUT2D eigenvalue weighted by atomic mass is 10.0. The van der Waals surface area contributed by atoms with Crippen molar-refractivity contribution in [3.8, 4) is 0 Å². The molecule has 0 aliphatic heterocycles. The molecule has 4 aromatic rings. The van der Waals surface area contributed by atoms with Crippen molar-refractivity contribution in [2.24, 2.45) is 0 Å². The van der Waals surface area contributed by atoms with Crippen molar-refractivity contribution in [2.45, 2.75) is 25.8 Å². The van der Waals surface area contributed by atoms with Crippen LogP contribution in [0.15, 0.2) is 69.6 Å². The number of benzene rings is 2. The minimum Gasteiger partial charge on any atom is -0.340 e. The standard InChI is InChI=1S/C23H21N3O3S/c1-2-4-14-6-8-15(9-7-14)20(19-5-3-12-30-19)26-21(27)16-10-11-17-18(13-16)25-23(29)22(28)24-17/h3,5-13,20H,2,4H2,1H3,(H,24,28)(H,25,29)(H,26,27)/t20-/m1/s1. The SMILES string of the molecule is CCCc1ccc([C@@H](NC(=O)c2ccc3[nH]c(=O)c(=O)[nH]c3c2)c2cccs2)cc1. The number of carbonyl (C=O) groups is 1. The zero-order valence-electron chi connectivity index (χ0n) is 16.4. The predicted molar refractivity (Wildman–Crippen MR) is 119 cm³/mol. The minimum absolute atomic E-state index is 0.264. The maximum Gasteiger partial charge on any atom is 0.314 e. The predicted octanol–water partition coefficient (Wildman–Crippen LogP) is 3.75. The molecule has 30 heavy (non-hydrogen) atoms. The molecule has 0 unspecified atom stereocenters. The van der Waals surface area contributed by atoms with Gasteiger partial charge in [0.05, 0.1) is 17.1 Å². The first-order valence-corrected chi connectivity index (χ1v) is 10.6. The van der Waals surface area contributed by atoms with Crippen LogP contribution < -0.4 is 16.4 Å². The molecule has 0 aliphatic rings. The second-order valence-corrected chi connectivity index (χ2v) is 8.06. The third-order valence-corrected chi connectivity index (χ3v) is 5.88. The molecule has 1 amide bonds. The summed E-state index contributed by atoms with van der Waals surface area (Å²) >= 11 is 1.58. The van der Waals surface area contributed by atoms with E-state index in [1.807, 2.05) is 17.5 Å². The molecular formula is C23H21N3O3S. The van der Waals surface area contributed by atoms with Crippen LogP contribution in [0.2, 0.25) is 0 Å². The van der Waals surface area contributed by atoms with Gasteiger partial charge in [0.1, 0.15) is 0 Å². The molecule has 0 spiro atoms. The van der Waals surface area contributed by atoms with Gasteiger partial charge in [0.15, 0.2) is 0 Å². The van der Waals surface area contributed by atoms with Crippen LogP contribution in [0.5, 0.6) is 0 Å². The minimum atomic E-state index is -0.747. The van der Waals surface area contributed by atoms with Crippen LogP contribution in [0.1, 0.15) is 45.7 Å². The van der Waals surface area contributed by atoms with Crippen molar-refractivity contribution >= 4 is 28.3 Å². The van der Waals surface area contributed by atoms with Crippen molar-refractivity contribution in [3.63, 3.8) is 0 Å². The molecule has 0 radical (unpaired) electrons. The molecule has 2 aromatic carbocycles. The van der Waals surface area contributed by atoms with Gasteiger partial charge in [-0.3, -0.25) is 14.4 Å². The Hall–Kier alpha value is -3.45. The average molecular weight is 420 g/mol. The summed E-state index contributed by atoms with van der Waals surface area (Å²) < 4.78 is 0. The van der Waals surface area contributed by atoms with Gasteiger partial charge in [-0.05, 0) is 47.2 Å². The average Bonchev–Trinajstić information content (AvgIpc) is 3.28. The summed E-state index contributed by atoms with van der Waals surface area (Å²) in [6.07, 6.45) is 2.10. The van der Waals surface area contributed by atoms with Gasteiger partial charge in [-0.15, -0.1) is 11.3 Å². The van der Waals surface area contributed by atoms with Crippen LogP contribution in [0.4, 0.5) is 0 Å². The number of hydrogen-bond donors (Lipinski definition) is 3. The lowest BCUT2D eigenvalue weighted by molar-refractivity contribution is 0.0943. The van der Waals surface area contributed by atoms with Crippen molar-refractivity contribution in [1.29, 1.82) is 0 Å². The van der Waals surface area contributed by atoms with Crippen LogP contribution in [0.3, 0.4) is 0 Å². The zero-order valence-corrected chi connectivity index (χ0v) is 17.2. The highest BCUT2D eigenvalue weighted by Gasteiger charge is 2.19. The lowest BCUT2D eigenvalue weighted by Crippen LogP contribution is -2.30. The molecule has 152 valence electrons. The number of fused-ring (bicyclic) bond motifs is 1. The van der Waals surface area contributed by atoms with E-state index < -0.39 is 11.1 Å². The van der Waals surface area contributed by atoms with E-state index in [1.54, 1.807) is 29.5 Å². The van der Waals surface area contributed by atoms with Crippen molar-refractivity contribution in [3.05, 3.63) is 102 Å². The van der Waals surface area contributed by atoms with E-state index in [0.29, 0.717) is 16.6 Å². The summed E-state index contributed by atoms with van der Waals surface area (Å²) in [5.41, 5.74) is 2.08. The fraction of sp³-hybridized carbons (Fsp3) is 0.174. The highest BCUT2D eigenvalue weighted by molar-refractivity contribution is 7.10. The highest BCUT2D eigenvalue weighted by Crippen LogP contribution is 2.27. The Morgan fingerprint density at radius 1 is 1.00 bits per heavy atom. The van der Waals surface area contributed by atoms with E-state index in [0.717, 1.165) is 23.3 Å². The molecule has 6 nitrogen and oxygen atoms in total. The number of hydrogen-bond acceptors (Lipinski definition) is 4. The van der Waals surface area contributed by atoms with E-state index in [2.05, 4.69) is 46.5 Å². The zero-order chi connectivity index (χ0) is 21.1. The third-order valence-electron chi connectivity index (χ3n) is 4.94. The summed E-state index contributed by atoms with van der Waals surface area (Å²) in [5.74, 6) is -0.264. The summed E-state index contributed by atoms with van der Waals surface area (Å²) in [6, 6.07) is 16.8. The van der Waals surface area contributed by atoms with Crippen LogP contribution in [-0.2, 0) is 6.42 Å². The smallest absolute Gasteiger partial charge is 0.314 e. The lowest BCUT2D eigenvalue weighted by Gasteiger charge is -2.19. The van der Waals surface area contributed by atoms with Crippen LogP contribution in [0, 0.1) is 0 Å². The number of rotatable bonds is 6. The third kappa shape index (κ3) is 4.11. The van der Waals surface area contributed by atoms with Crippen molar-refractivity contribution in [1.82, 2.24) is 15.3 Å². The number of aromatic amines is 2. The van der Waals surface area contributed by atoms with Crippen LogP contribution in [-0.4, -0.2) is 15.9 Å². The fourth-order valence-electron chi connectivity index (χ4n) is 3.41. The van der Waals surface area contributed by atoms with Crippen LogP contribution >= 0.6 is 11.3 Å². The van der Waals surface area contributed by atoms with Gasteiger partial charge in [0.25, 0.3) is 5.91 Å². The first kappa shape index (κ1) is 19.8. The Bertz CT molecular complexity index is 1290. The maximum absolute atomic E-state index is 13.0. The van der Waals surface area contributed by atoms with E-state index in [1.165, 1.54) is 5.56 Å². The first-order chi connectivity index (χ1) is 14.5. The molecule has 2 heterocycles. The quantitative estimate of drug-likeness (QED) is 0.416. The molecule has 0 bridgehead atoms. The summed E-state index contributed by atoms with van der Waals surface area (Å²) in [6.45, 7) is 2.15. The number of aromatic nitrogens is 2. The molecule has 7 heteroatoms. The Kier molecular flexibility index (Phi) is 5.63. The Labute approximate surface area is 176 Å². The molecule has 2 aromatic heterocycles. The van der Waals surface area contributed by atoms with Gasteiger partial charge < -0.3 is 15.3 Å². The fourth-order valence-corrected chi connectivity index (χ4v) is 4.21. The Morgan fingerprint density at radius 3 is 2.40 bits per heavy atom. The Balaban J connectivity index is 1.65. The van der Waals surface area contributed by atoms with Gasteiger partial charge in [-0.1, -0.05) is 43.7 Å². The largest absolute Gasteiger partial charge is 0.340 e. The van der Waals surface area contributed by atoms with Gasteiger partial charge >= 0.3 is 11.1 Å². The number of thiophene rings is 1. The number of amides is 1. The molecule has 0 aliphatic carbocycles. The molecule has 0 fully saturated rings. The number of H-pyrrole nitrogens is 2. The van der Waals surface area contributed by atoms with Crippen LogP contribution in [0.25, 0.3) is 11.0 Å². The van der Waals surface area contributed by atoms with E-state index in [-0.39, 0.29) is 11.9 Å². The van der Waals surface area contributed by atoms with Gasteiger partial charge in [-0.2, -0.15) is 0 Å². The second kappa shape index (κ2) is 8.51. The van der Waals surface area contributed by atoms with E-state index in [4.69, 9.17) is 0 Å². The normalized spacial score (nSPS) is 12.0. The molecule has 0 saturated carbocycles. The first-order valence-electron chi connectivity index (χ1n) is 9.74. The molecule has 3 N–H and O–H groups in total. The van der Waals surface area contributed by atoms with Gasteiger partial charge in [0.2, 0.25) is 0 Å². The molecule has 4 rings (SSSR count). The summed E-state index contributed by atoms with van der Waals surface area (Å²) in [4.78, 5) is 42.1. The summed E-state index contributed by atoms with van der Waals surface area (Å²) in [7, 11) is 0. The van der Waals surface area contributed by atoms with Crippen molar-refractivity contribution < 1.29 is 4.79 Å². The van der Waals surface area contributed by atoms with Gasteiger partial charge in [0, 0.05) is 10.4 Å². The number of aryl methyl sites for hydroxylation is 1. The van der Waals surface area contributed by atoms with Gasteiger partial charge in [-0.25, -0.2) is 0 Å². The second-order valence-electron chi connectivity index (χ2n) is 7.08. The van der Waals surface area contributed by atoms with E-state index >= 15 is 0 Å². The van der Waals surface area contributed by atoms with Crippen molar-refractivity contribution in [2.75, 3.05) is 0 Å². The molecular weight excluding hydrogens is 398 g/mol. The van der Waals surface area contributed by atoms with E-state index in [9.17, 15) is 14.4 Å². The summed E-state index contributed by atoms with van der Waals surface area (Å²) in [5, 5.41) is 5.08. The number of carbonyl (C=O) groups excluding carboxylic acids is 1. The monoisotopic (exact) mass is 419 g/mol. The molecule has 0 saturated heterocycles. The maximum atomic E-state index is 13.0.